The van der Waals surface area contributed by atoms with E-state index in [9.17, 15) is 0 Å². The van der Waals surface area contributed by atoms with Crippen LogP contribution in [0.1, 0.15) is 0 Å². The van der Waals surface area contributed by atoms with Crippen molar-refractivity contribution < 1.29 is 4.74 Å². The lowest BCUT2D eigenvalue weighted by molar-refractivity contribution is 0.0675. The third kappa shape index (κ3) is 4.90. The Hall–Kier alpha value is -1.67. The van der Waals surface area contributed by atoms with Gasteiger partial charge in [0, 0.05) is 26.3 Å². The first-order valence-corrected chi connectivity index (χ1v) is 7.46. The van der Waals surface area contributed by atoms with Gasteiger partial charge in [-0.15, -0.1) is 24.0 Å². The summed E-state index contributed by atoms with van der Waals surface area (Å²) >= 11 is 0. The molecule has 1 saturated heterocycles. The monoisotopic (exact) mass is 424 g/mol. The van der Waals surface area contributed by atoms with E-state index in [1.165, 1.54) is 0 Å². The number of benzene rings is 1. The summed E-state index contributed by atoms with van der Waals surface area (Å²) in [5.41, 5.74) is 1.79. The molecule has 5 nitrogen and oxygen atoms in total. The first kappa shape index (κ1) is 17.7. The first-order valence-electron chi connectivity index (χ1n) is 7.46. The predicted octanol–water partition coefficient (Wildman–Crippen LogP) is 2.56. The number of morpholine rings is 1. The Morgan fingerprint density at radius 1 is 1.00 bits per heavy atom. The average Bonchev–Trinajstić information content (AvgIpc) is 2.58. The van der Waals surface area contributed by atoms with E-state index in [0.29, 0.717) is 13.2 Å². The fourth-order valence-electron chi connectivity index (χ4n) is 2.28. The molecule has 2 heterocycles. The lowest BCUT2D eigenvalue weighted by Crippen LogP contribution is -2.41. The second kappa shape index (κ2) is 8.83. The molecule has 0 unspecified atom stereocenters. The van der Waals surface area contributed by atoms with Gasteiger partial charge in [0.25, 0.3) is 0 Å². The quantitative estimate of drug-likeness (QED) is 0.401. The van der Waals surface area contributed by atoms with Crippen LogP contribution in [0.3, 0.4) is 0 Å². The van der Waals surface area contributed by atoms with Gasteiger partial charge in [-0.25, -0.2) is 4.99 Å². The van der Waals surface area contributed by atoms with E-state index >= 15 is 0 Å². The third-order valence-corrected chi connectivity index (χ3v) is 3.52. The van der Waals surface area contributed by atoms with E-state index in [4.69, 9.17) is 14.7 Å². The zero-order valence-electron chi connectivity index (χ0n) is 13.1. The summed E-state index contributed by atoms with van der Waals surface area (Å²) in [5.74, 6) is 0.733. The molecule has 1 aliphatic rings. The molecule has 1 aromatic carbocycles. The third-order valence-electron chi connectivity index (χ3n) is 3.52. The Morgan fingerprint density at radius 3 is 2.39 bits per heavy atom. The van der Waals surface area contributed by atoms with Crippen molar-refractivity contribution in [3.8, 4) is 0 Å². The van der Waals surface area contributed by atoms with E-state index in [-0.39, 0.29) is 24.0 Å². The lowest BCUT2D eigenvalue weighted by atomic mass is 10.3. The molecule has 0 aliphatic carbocycles. The van der Waals surface area contributed by atoms with Crippen LogP contribution in [0.4, 0.5) is 5.69 Å². The van der Waals surface area contributed by atoms with Gasteiger partial charge in [-0.05, 0) is 24.3 Å². The van der Waals surface area contributed by atoms with Crippen molar-refractivity contribution in [2.45, 2.75) is 0 Å². The number of guanidine groups is 1. The molecule has 122 valence electrons. The highest BCUT2D eigenvalue weighted by Crippen LogP contribution is 2.12. The zero-order chi connectivity index (χ0) is 15.2. The molecule has 1 aliphatic heterocycles. The van der Waals surface area contributed by atoms with Crippen LogP contribution < -0.4 is 5.49 Å². The number of halogens is 1. The van der Waals surface area contributed by atoms with E-state index in [2.05, 4.69) is 4.90 Å². The number of hydrogen-bond donors (Lipinski definition) is 0. The van der Waals surface area contributed by atoms with Crippen molar-refractivity contribution in [1.82, 2.24) is 9.47 Å². The summed E-state index contributed by atoms with van der Waals surface area (Å²) < 4.78 is 7.42. The summed E-state index contributed by atoms with van der Waals surface area (Å²) in [5, 5.41) is 0. The van der Waals surface area contributed by atoms with Gasteiger partial charge in [-0.1, -0.05) is 24.3 Å². The molecule has 1 fully saturated rings. The Bertz CT molecular complexity index is 706. The maximum Gasteiger partial charge on any atom is 0.228 e. The Labute approximate surface area is 153 Å². The highest BCUT2D eigenvalue weighted by atomic mass is 127. The zero-order valence-corrected chi connectivity index (χ0v) is 15.5. The minimum atomic E-state index is 0. The summed E-state index contributed by atoms with van der Waals surface area (Å²) in [6.07, 6.45) is 1.98. The van der Waals surface area contributed by atoms with E-state index in [0.717, 1.165) is 30.2 Å². The number of rotatable bonds is 1. The minimum absolute atomic E-state index is 0. The maximum atomic E-state index is 5.43. The largest absolute Gasteiger partial charge is 0.378 e. The summed E-state index contributed by atoms with van der Waals surface area (Å²) in [6, 6.07) is 15.9. The van der Waals surface area contributed by atoms with Crippen molar-refractivity contribution in [2.24, 2.45) is 17.0 Å². The first-order chi connectivity index (χ1) is 10.8. The lowest BCUT2D eigenvalue weighted by Gasteiger charge is -2.27. The van der Waals surface area contributed by atoms with Crippen molar-refractivity contribution in [1.29, 1.82) is 0 Å². The Morgan fingerprint density at radius 2 is 1.70 bits per heavy atom. The van der Waals surface area contributed by atoms with Crippen molar-refractivity contribution in [2.75, 3.05) is 26.3 Å². The average molecular weight is 424 g/mol. The molecule has 3 rings (SSSR count). The van der Waals surface area contributed by atoms with E-state index < -0.39 is 0 Å². The van der Waals surface area contributed by atoms with Gasteiger partial charge in [-0.2, -0.15) is 4.99 Å². The van der Waals surface area contributed by atoms with Crippen molar-refractivity contribution in [3.63, 3.8) is 0 Å². The van der Waals surface area contributed by atoms with Crippen LogP contribution in [-0.2, 0) is 11.8 Å². The molecular formula is C17H21IN4O. The summed E-state index contributed by atoms with van der Waals surface area (Å²) in [6.45, 7) is 3.05. The number of para-hydroxylation sites is 1. The molecule has 0 radical (unpaired) electrons. The number of nitrogens with zero attached hydrogens (tertiary/aromatic N) is 4. The maximum absolute atomic E-state index is 5.43. The highest BCUT2D eigenvalue weighted by Gasteiger charge is 2.14. The van der Waals surface area contributed by atoms with Gasteiger partial charge in [0.1, 0.15) is 5.49 Å². The van der Waals surface area contributed by atoms with Gasteiger partial charge in [0.15, 0.2) is 0 Å². The SMILES string of the molecule is Cn1ccccc1=NC(=Nc1ccccc1)N1CCOCC1.I. The van der Waals surface area contributed by atoms with Gasteiger partial charge in [0.2, 0.25) is 5.96 Å². The molecule has 0 bridgehead atoms. The summed E-state index contributed by atoms with van der Waals surface area (Å²) in [4.78, 5) is 11.7. The van der Waals surface area contributed by atoms with Crippen LogP contribution in [0.2, 0.25) is 0 Å². The molecule has 0 spiro atoms. The second-order valence-electron chi connectivity index (χ2n) is 5.13. The summed E-state index contributed by atoms with van der Waals surface area (Å²) in [7, 11) is 1.98. The smallest absolute Gasteiger partial charge is 0.228 e. The number of aryl methyl sites for hydroxylation is 1. The van der Waals surface area contributed by atoms with Crippen LogP contribution in [-0.4, -0.2) is 41.7 Å². The minimum Gasteiger partial charge on any atom is -0.378 e. The number of ether oxygens (including phenoxy) is 1. The van der Waals surface area contributed by atoms with Crippen LogP contribution in [0, 0.1) is 0 Å². The number of hydrogen-bond acceptors (Lipinski definition) is 2. The number of aliphatic imine (C=N–C) groups is 1. The number of pyridine rings is 1. The van der Waals surface area contributed by atoms with Crippen LogP contribution in [0.5, 0.6) is 0 Å². The molecule has 0 N–H and O–H groups in total. The molecule has 0 atom stereocenters. The normalized spacial score (nSPS) is 16.1. The molecule has 6 heteroatoms. The standard InChI is InChI=1S/C17H20N4O.HI/c1-20-10-6-5-9-16(20)19-17(21-11-13-22-14-12-21)18-15-7-3-2-4-8-15;/h2-10H,11-14H2,1H3;1H. The second-order valence-corrected chi connectivity index (χ2v) is 5.13. The number of aromatic nitrogens is 1. The van der Waals surface area contributed by atoms with Gasteiger partial charge < -0.3 is 14.2 Å². The Balaban J connectivity index is 0.00000192. The van der Waals surface area contributed by atoms with E-state index in [1.807, 2.05) is 66.3 Å². The van der Waals surface area contributed by atoms with Gasteiger partial charge in [-0.3, -0.25) is 0 Å². The predicted molar refractivity (Wildman–Crippen MR) is 102 cm³/mol. The molecule has 2 aromatic rings. The fraction of sp³-hybridized carbons (Fsp3) is 0.294. The van der Waals surface area contributed by atoms with Crippen molar-refractivity contribution >= 4 is 35.6 Å². The van der Waals surface area contributed by atoms with Crippen molar-refractivity contribution in [3.05, 3.63) is 60.2 Å². The highest BCUT2D eigenvalue weighted by molar-refractivity contribution is 14.0. The Kier molecular flexibility index (Phi) is 6.79. The van der Waals surface area contributed by atoms with Crippen LogP contribution in [0.25, 0.3) is 0 Å². The van der Waals surface area contributed by atoms with Crippen LogP contribution >= 0.6 is 24.0 Å². The molecule has 0 saturated carbocycles. The van der Waals surface area contributed by atoms with Gasteiger partial charge >= 0.3 is 0 Å². The van der Waals surface area contributed by atoms with E-state index in [1.54, 1.807) is 0 Å². The molecule has 0 amide bonds. The van der Waals surface area contributed by atoms with Gasteiger partial charge in [0.05, 0.1) is 18.9 Å². The molecular weight excluding hydrogens is 403 g/mol. The van der Waals surface area contributed by atoms with Crippen LogP contribution in [0.15, 0.2) is 64.7 Å². The molecule has 23 heavy (non-hydrogen) atoms. The topological polar surface area (TPSA) is 42.1 Å². The molecule has 1 aromatic heterocycles. The fourth-order valence-corrected chi connectivity index (χ4v) is 2.28.